The van der Waals surface area contributed by atoms with Crippen molar-refractivity contribution in [2.75, 3.05) is 0 Å². The average molecular weight is 354 g/mol. The molecule has 2 rings (SSSR count). The molecule has 0 spiro atoms. The first-order valence-electron chi connectivity index (χ1n) is 8.79. The van der Waals surface area contributed by atoms with Gasteiger partial charge in [0.1, 0.15) is 12.1 Å². The van der Waals surface area contributed by atoms with Crippen molar-refractivity contribution >= 4 is 11.8 Å². The summed E-state index contributed by atoms with van der Waals surface area (Å²) in [5.74, 6) is -1.01. The molecular formula is C21H26N2O3. The predicted octanol–water partition coefficient (Wildman–Crippen LogP) is 2.27. The molecule has 0 radical (unpaired) electrons. The molecular weight excluding hydrogens is 328 g/mol. The van der Waals surface area contributed by atoms with Crippen LogP contribution in [0.25, 0.3) is 11.1 Å². The molecule has 0 unspecified atom stereocenters. The van der Waals surface area contributed by atoms with E-state index in [1.54, 1.807) is 0 Å². The summed E-state index contributed by atoms with van der Waals surface area (Å²) in [5, 5.41) is 12.4. The van der Waals surface area contributed by atoms with Crippen LogP contribution in [0.15, 0.2) is 54.6 Å². The maximum atomic E-state index is 12.1. The number of nitrogens with two attached hydrogens (primary N) is 1. The Kier molecular flexibility index (Phi) is 6.92. The van der Waals surface area contributed by atoms with Crippen molar-refractivity contribution in [3.63, 3.8) is 0 Å². The van der Waals surface area contributed by atoms with Gasteiger partial charge in [0.25, 0.3) is 0 Å². The summed E-state index contributed by atoms with van der Waals surface area (Å²) in [7, 11) is 0. The summed E-state index contributed by atoms with van der Waals surface area (Å²) in [5.41, 5.74) is 8.48. The van der Waals surface area contributed by atoms with E-state index in [4.69, 9.17) is 5.73 Å². The summed E-state index contributed by atoms with van der Waals surface area (Å²) in [6, 6.07) is 16.9. The normalized spacial score (nSPS) is 13.2. The summed E-state index contributed by atoms with van der Waals surface area (Å²) in [4.78, 5) is 23.8. The summed E-state index contributed by atoms with van der Waals surface area (Å²) >= 11 is 0. The molecule has 0 saturated heterocycles. The zero-order valence-electron chi connectivity index (χ0n) is 15.2. The monoisotopic (exact) mass is 354 g/mol. The van der Waals surface area contributed by atoms with Crippen LogP contribution in [0, 0.1) is 5.92 Å². The van der Waals surface area contributed by atoms with E-state index >= 15 is 0 Å². The van der Waals surface area contributed by atoms with E-state index in [-0.39, 0.29) is 12.3 Å². The van der Waals surface area contributed by atoms with E-state index in [0.717, 1.165) is 16.7 Å². The highest BCUT2D eigenvalue weighted by Gasteiger charge is 2.23. The molecule has 0 fully saturated rings. The van der Waals surface area contributed by atoms with E-state index in [1.165, 1.54) is 0 Å². The second-order valence-electron chi connectivity index (χ2n) is 6.88. The Morgan fingerprint density at radius 2 is 1.58 bits per heavy atom. The third-order valence-corrected chi connectivity index (χ3v) is 4.16. The molecule has 4 N–H and O–H groups in total. The summed E-state index contributed by atoms with van der Waals surface area (Å²) in [6.45, 7) is 3.83. The molecule has 0 bridgehead atoms. The molecule has 0 saturated carbocycles. The summed E-state index contributed by atoms with van der Waals surface area (Å²) in [6.07, 6.45) is -0.523. The van der Waals surface area contributed by atoms with Crippen molar-refractivity contribution < 1.29 is 14.7 Å². The number of nitrogens with one attached hydrogen (secondary N) is 1. The van der Waals surface area contributed by atoms with Crippen molar-refractivity contribution in [3.8, 4) is 11.1 Å². The Bertz CT molecular complexity index is 727. The maximum absolute atomic E-state index is 12.1. The van der Waals surface area contributed by atoms with Crippen LogP contribution in [0.1, 0.15) is 25.8 Å². The molecule has 0 aliphatic heterocycles. The van der Waals surface area contributed by atoms with E-state index in [9.17, 15) is 14.7 Å². The van der Waals surface area contributed by atoms with Crippen LogP contribution in [0.2, 0.25) is 0 Å². The van der Waals surface area contributed by atoms with Crippen LogP contribution in [0.5, 0.6) is 0 Å². The Hall–Kier alpha value is -2.66. The highest BCUT2D eigenvalue weighted by molar-refractivity contribution is 5.88. The van der Waals surface area contributed by atoms with Gasteiger partial charge in [-0.3, -0.25) is 9.59 Å². The molecule has 5 nitrogen and oxygen atoms in total. The van der Waals surface area contributed by atoms with Crippen LogP contribution >= 0.6 is 0 Å². The molecule has 26 heavy (non-hydrogen) atoms. The van der Waals surface area contributed by atoms with Gasteiger partial charge in [0.05, 0.1) is 0 Å². The fourth-order valence-corrected chi connectivity index (χ4v) is 2.74. The Labute approximate surface area is 154 Å². The second kappa shape index (κ2) is 9.15. The molecule has 138 valence electrons. The number of benzene rings is 2. The molecule has 2 aromatic carbocycles. The van der Waals surface area contributed by atoms with Crippen LogP contribution < -0.4 is 11.1 Å². The fraction of sp³-hybridized carbons (Fsp3) is 0.333. The number of carbonyl (C=O) groups excluding carboxylic acids is 2. The molecule has 0 aliphatic carbocycles. The Morgan fingerprint density at radius 3 is 2.12 bits per heavy atom. The lowest BCUT2D eigenvalue weighted by atomic mass is 10.00. The zero-order valence-corrected chi connectivity index (χ0v) is 15.2. The van der Waals surface area contributed by atoms with Crippen molar-refractivity contribution in [1.29, 1.82) is 0 Å². The van der Waals surface area contributed by atoms with Gasteiger partial charge in [0.15, 0.2) is 0 Å². The van der Waals surface area contributed by atoms with Gasteiger partial charge in [-0.15, -0.1) is 0 Å². The van der Waals surface area contributed by atoms with Crippen LogP contribution in [0.3, 0.4) is 0 Å². The minimum absolute atomic E-state index is 0.174. The number of aliphatic hydroxyl groups is 1. The van der Waals surface area contributed by atoms with Crippen LogP contribution in [-0.4, -0.2) is 29.1 Å². The number of hydrogen-bond donors (Lipinski definition) is 3. The van der Waals surface area contributed by atoms with Gasteiger partial charge in [-0.2, -0.15) is 0 Å². The minimum atomic E-state index is -1.14. The first kappa shape index (κ1) is 19.7. The number of rotatable bonds is 8. The average Bonchev–Trinajstić information content (AvgIpc) is 2.61. The van der Waals surface area contributed by atoms with Crippen molar-refractivity contribution in [3.05, 3.63) is 60.2 Å². The number of hydrogen-bond acceptors (Lipinski definition) is 3. The highest BCUT2D eigenvalue weighted by atomic mass is 16.3. The topological polar surface area (TPSA) is 92.4 Å². The molecule has 0 aromatic heterocycles. The van der Waals surface area contributed by atoms with Crippen molar-refractivity contribution in [2.45, 2.75) is 38.8 Å². The van der Waals surface area contributed by atoms with Crippen molar-refractivity contribution in [1.82, 2.24) is 5.32 Å². The van der Waals surface area contributed by atoms with Crippen molar-refractivity contribution in [2.24, 2.45) is 11.7 Å². The molecule has 2 aromatic rings. The number of carbonyl (C=O) groups is 2. The van der Waals surface area contributed by atoms with Gasteiger partial charge in [0, 0.05) is 6.42 Å². The SMILES string of the molecule is CC(C)C[C@@H](O)C(=O)N[C@@H](Cc1ccc(-c2ccccc2)cc1)C(N)=O. The quantitative estimate of drug-likeness (QED) is 0.679. The lowest BCUT2D eigenvalue weighted by molar-refractivity contribution is -0.133. The van der Waals surface area contributed by atoms with Gasteiger partial charge in [0.2, 0.25) is 11.8 Å². The smallest absolute Gasteiger partial charge is 0.249 e. The van der Waals surface area contributed by atoms with Gasteiger partial charge in [-0.25, -0.2) is 0 Å². The van der Waals surface area contributed by atoms with Crippen LogP contribution in [-0.2, 0) is 16.0 Å². The predicted molar refractivity (Wildman–Crippen MR) is 102 cm³/mol. The lowest BCUT2D eigenvalue weighted by Gasteiger charge is -2.19. The third-order valence-electron chi connectivity index (χ3n) is 4.16. The van der Waals surface area contributed by atoms with Gasteiger partial charge < -0.3 is 16.2 Å². The number of amides is 2. The fourth-order valence-electron chi connectivity index (χ4n) is 2.74. The van der Waals surface area contributed by atoms with E-state index in [0.29, 0.717) is 6.42 Å². The van der Waals surface area contributed by atoms with Crippen LogP contribution in [0.4, 0.5) is 0 Å². The maximum Gasteiger partial charge on any atom is 0.249 e. The molecule has 2 amide bonds. The third kappa shape index (κ3) is 5.70. The van der Waals surface area contributed by atoms with Gasteiger partial charge in [-0.05, 0) is 29.0 Å². The highest BCUT2D eigenvalue weighted by Crippen LogP contribution is 2.19. The summed E-state index contributed by atoms with van der Waals surface area (Å²) < 4.78 is 0. The van der Waals surface area contributed by atoms with Gasteiger partial charge in [-0.1, -0.05) is 68.4 Å². The second-order valence-corrected chi connectivity index (χ2v) is 6.88. The van der Waals surface area contributed by atoms with E-state index in [2.05, 4.69) is 5.32 Å². The molecule has 2 atom stereocenters. The Morgan fingerprint density at radius 1 is 1.00 bits per heavy atom. The largest absolute Gasteiger partial charge is 0.383 e. The van der Waals surface area contributed by atoms with Gasteiger partial charge >= 0.3 is 0 Å². The number of aliphatic hydroxyl groups excluding tert-OH is 1. The lowest BCUT2D eigenvalue weighted by Crippen LogP contribution is -2.49. The number of primary amides is 1. The zero-order chi connectivity index (χ0) is 19.1. The van der Waals surface area contributed by atoms with E-state index < -0.39 is 24.0 Å². The first-order chi connectivity index (χ1) is 12.4. The standard InChI is InChI=1S/C21H26N2O3/c1-14(2)12-19(24)21(26)23-18(20(22)25)13-15-8-10-17(11-9-15)16-6-4-3-5-7-16/h3-11,14,18-19,24H,12-13H2,1-2H3,(H2,22,25)(H,23,26)/t18-,19+/m0/s1. The first-order valence-corrected chi connectivity index (χ1v) is 8.79. The molecule has 0 aliphatic rings. The molecule has 5 heteroatoms. The minimum Gasteiger partial charge on any atom is -0.383 e. The Balaban J connectivity index is 2.03. The molecule has 0 heterocycles. The van der Waals surface area contributed by atoms with E-state index in [1.807, 2.05) is 68.4 Å².